The Kier molecular flexibility index (Phi) is 6.47. The van der Waals surface area contributed by atoms with Gasteiger partial charge in [-0.05, 0) is 43.3 Å². The molecule has 0 aliphatic heterocycles. The highest BCUT2D eigenvalue weighted by Crippen LogP contribution is 2.25. The summed E-state index contributed by atoms with van der Waals surface area (Å²) < 4.78 is 25.4. The maximum Gasteiger partial charge on any atom is 0.277 e. The van der Waals surface area contributed by atoms with Crippen LogP contribution in [0.3, 0.4) is 0 Å². The number of thioether (sulfide) groups is 1. The second kappa shape index (κ2) is 9.44. The monoisotopic (exact) mass is 458 g/mol. The average molecular weight is 459 g/mol. The van der Waals surface area contributed by atoms with E-state index in [1.165, 1.54) is 36.0 Å². The number of ether oxygens (including phenoxy) is 1. The highest BCUT2D eigenvalue weighted by Gasteiger charge is 2.18. The summed E-state index contributed by atoms with van der Waals surface area (Å²) in [5.74, 6) is 0.528. The molecule has 0 radical (unpaired) electrons. The van der Waals surface area contributed by atoms with Gasteiger partial charge < -0.3 is 14.1 Å². The first-order chi connectivity index (χ1) is 15.0. The largest absolute Gasteiger partial charge is 0.481 e. The fourth-order valence-corrected chi connectivity index (χ4v) is 4.45. The molecule has 0 spiro atoms. The number of thiazole rings is 1. The Balaban J connectivity index is 1.29. The van der Waals surface area contributed by atoms with E-state index in [2.05, 4.69) is 15.2 Å². The van der Waals surface area contributed by atoms with Gasteiger partial charge in [-0.3, -0.25) is 4.79 Å². The molecule has 2 aromatic carbocycles. The minimum absolute atomic E-state index is 0.0698. The fourth-order valence-electron chi connectivity index (χ4n) is 2.72. The molecular formula is C21H19FN4O3S2. The van der Waals surface area contributed by atoms with Crippen molar-refractivity contribution in [3.05, 3.63) is 65.2 Å². The molecule has 7 nitrogen and oxygen atoms in total. The van der Waals surface area contributed by atoms with Crippen LogP contribution in [0.1, 0.15) is 23.9 Å². The molecule has 0 bridgehead atoms. The van der Waals surface area contributed by atoms with Crippen molar-refractivity contribution in [2.75, 3.05) is 12.8 Å². The SMILES string of the molecule is CC(Oc1ccc(F)cc1)c1nnc(SCC(=O)N(C)Cc2nc3ccccc3s2)o1. The maximum absolute atomic E-state index is 13.0. The lowest BCUT2D eigenvalue weighted by molar-refractivity contribution is -0.127. The molecule has 1 unspecified atom stereocenters. The molecule has 4 aromatic rings. The second-order valence-electron chi connectivity index (χ2n) is 6.73. The molecule has 0 fully saturated rings. The van der Waals surface area contributed by atoms with Crippen molar-refractivity contribution < 1.29 is 18.3 Å². The molecular weight excluding hydrogens is 439 g/mol. The number of amides is 1. The van der Waals surface area contributed by atoms with Crippen LogP contribution < -0.4 is 4.74 Å². The molecule has 31 heavy (non-hydrogen) atoms. The van der Waals surface area contributed by atoms with Gasteiger partial charge in [-0.15, -0.1) is 21.5 Å². The Labute approximate surface area is 186 Å². The van der Waals surface area contributed by atoms with E-state index in [1.54, 1.807) is 30.2 Å². The average Bonchev–Trinajstić information content (AvgIpc) is 3.40. The normalized spacial score (nSPS) is 12.1. The van der Waals surface area contributed by atoms with E-state index < -0.39 is 6.10 Å². The Morgan fingerprint density at radius 1 is 1.23 bits per heavy atom. The van der Waals surface area contributed by atoms with Gasteiger partial charge in [-0.2, -0.15) is 0 Å². The summed E-state index contributed by atoms with van der Waals surface area (Å²) >= 11 is 2.74. The number of halogens is 1. The standard InChI is InChI=1S/C21H19FN4O3S2/c1-13(28-15-9-7-14(22)8-10-15)20-24-25-21(29-20)30-12-19(27)26(2)11-18-23-16-5-3-4-6-17(16)31-18/h3-10,13H,11-12H2,1-2H3. The smallest absolute Gasteiger partial charge is 0.277 e. The lowest BCUT2D eigenvalue weighted by atomic mass is 10.3. The van der Waals surface area contributed by atoms with Gasteiger partial charge >= 0.3 is 0 Å². The van der Waals surface area contributed by atoms with E-state index in [4.69, 9.17) is 9.15 Å². The topological polar surface area (TPSA) is 81.4 Å². The van der Waals surface area contributed by atoms with Crippen LogP contribution in [-0.4, -0.2) is 38.8 Å². The summed E-state index contributed by atoms with van der Waals surface area (Å²) in [7, 11) is 1.74. The number of carbonyl (C=O) groups excluding carboxylic acids is 1. The van der Waals surface area contributed by atoms with Gasteiger partial charge in [0.2, 0.25) is 5.91 Å². The molecule has 160 valence electrons. The van der Waals surface area contributed by atoms with E-state index in [0.717, 1.165) is 15.2 Å². The predicted molar refractivity (Wildman–Crippen MR) is 117 cm³/mol. The molecule has 0 aliphatic rings. The zero-order valence-corrected chi connectivity index (χ0v) is 18.5. The third-order valence-corrected chi connectivity index (χ3v) is 6.18. The van der Waals surface area contributed by atoms with Gasteiger partial charge in [0.05, 0.1) is 22.5 Å². The molecule has 0 N–H and O–H groups in total. The number of rotatable bonds is 8. The number of hydrogen-bond donors (Lipinski definition) is 0. The molecule has 0 saturated carbocycles. The summed E-state index contributed by atoms with van der Waals surface area (Å²) in [6.07, 6.45) is -0.510. The van der Waals surface area contributed by atoms with Crippen LogP contribution in [0.2, 0.25) is 0 Å². The van der Waals surface area contributed by atoms with E-state index in [9.17, 15) is 9.18 Å². The molecule has 2 heterocycles. The van der Waals surface area contributed by atoms with Gasteiger partial charge in [-0.25, -0.2) is 9.37 Å². The number of benzene rings is 2. The van der Waals surface area contributed by atoms with Crippen molar-refractivity contribution in [1.29, 1.82) is 0 Å². The third kappa shape index (κ3) is 5.39. The summed E-state index contributed by atoms with van der Waals surface area (Å²) in [5.41, 5.74) is 0.938. The van der Waals surface area contributed by atoms with Gasteiger partial charge in [0.25, 0.3) is 11.1 Å². The van der Waals surface area contributed by atoms with Crippen molar-refractivity contribution in [3.63, 3.8) is 0 Å². The second-order valence-corrected chi connectivity index (χ2v) is 8.78. The summed E-state index contributed by atoms with van der Waals surface area (Å²) in [5, 5.41) is 9.10. The maximum atomic E-state index is 13.0. The van der Waals surface area contributed by atoms with Crippen LogP contribution in [0.15, 0.2) is 58.2 Å². The number of para-hydroxylation sites is 1. The summed E-state index contributed by atoms with van der Waals surface area (Å²) in [4.78, 5) is 18.7. The lowest BCUT2D eigenvalue weighted by Gasteiger charge is -2.14. The molecule has 10 heteroatoms. The summed E-state index contributed by atoms with van der Waals surface area (Å²) in [6.45, 7) is 2.19. The third-order valence-electron chi connectivity index (χ3n) is 4.35. The number of carbonyl (C=O) groups is 1. The zero-order chi connectivity index (χ0) is 21.8. The molecule has 4 rings (SSSR count). The Hall–Kier alpha value is -2.98. The van der Waals surface area contributed by atoms with Gasteiger partial charge in [0.1, 0.15) is 16.6 Å². The zero-order valence-electron chi connectivity index (χ0n) is 16.8. The summed E-state index contributed by atoms with van der Waals surface area (Å²) in [6, 6.07) is 13.6. The Bertz CT molecular complexity index is 1150. The predicted octanol–water partition coefficient (Wildman–Crippen LogP) is 4.71. The highest BCUT2D eigenvalue weighted by atomic mass is 32.2. The van der Waals surface area contributed by atoms with Crippen molar-refractivity contribution in [1.82, 2.24) is 20.1 Å². The van der Waals surface area contributed by atoms with Gasteiger partial charge in [0.15, 0.2) is 6.10 Å². The molecule has 0 saturated heterocycles. The van der Waals surface area contributed by atoms with Crippen LogP contribution in [0.25, 0.3) is 10.2 Å². The van der Waals surface area contributed by atoms with E-state index in [0.29, 0.717) is 12.3 Å². The first kappa shape index (κ1) is 21.3. The van der Waals surface area contributed by atoms with E-state index >= 15 is 0 Å². The van der Waals surface area contributed by atoms with Crippen LogP contribution in [0.5, 0.6) is 5.75 Å². The van der Waals surface area contributed by atoms with Gasteiger partial charge in [-0.1, -0.05) is 23.9 Å². The van der Waals surface area contributed by atoms with Crippen LogP contribution in [0.4, 0.5) is 4.39 Å². The molecule has 1 atom stereocenters. The number of nitrogens with zero attached hydrogens (tertiary/aromatic N) is 4. The quantitative estimate of drug-likeness (QED) is 0.354. The highest BCUT2D eigenvalue weighted by molar-refractivity contribution is 7.99. The van der Waals surface area contributed by atoms with Crippen molar-refractivity contribution in [3.8, 4) is 5.75 Å². The van der Waals surface area contributed by atoms with Gasteiger partial charge in [0, 0.05) is 7.05 Å². The number of hydrogen-bond acceptors (Lipinski definition) is 8. The minimum atomic E-state index is -0.510. The van der Waals surface area contributed by atoms with E-state index in [1.807, 2.05) is 24.3 Å². The first-order valence-corrected chi connectivity index (χ1v) is 11.2. The molecule has 1 amide bonds. The minimum Gasteiger partial charge on any atom is -0.481 e. The molecule has 2 aromatic heterocycles. The number of fused-ring (bicyclic) bond motifs is 1. The van der Waals surface area contributed by atoms with Crippen molar-refractivity contribution >= 4 is 39.2 Å². The van der Waals surface area contributed by atoms with Crippen molar-refractivity contribution in [2.24, 2.45) is 0 Å². The van der Waals surface area contributed by atoms with E-state index in [-0.39, 0.29) is 28.6 Å². The number of aromatic nitrogens is 3. The fraction of sp³-hybridized carbons (Fsp3) is 0.238. The van der Waals surface area contributed by atoms with Crippen LogP contribution in [-0.2, 0) is 11.3 Å². The molecule has 0 aliphatic carbocycles. The first-order valence-electron chi connectivity index (χ1n) is 9.45. The van der Waals surface area contributed by atoms with Crippen molar-refractivity contribution in [2.45, 2.75) is 24.8 Å². The lowest BCUT2D eigenvalue weighted by Crippen LogP contribution is -2.27. The van der Waals surface area contributed by atoms with Crippen LogP contribution >= 0.6 is 23.1 Å². The van der Waals surface area contributed by atoms with Crippen LogP contribution in [0, 0.1) is 5.82 Å². The Morgan fingerprint density at radius 2 is 2.00 bits per heavy atom. The Morgan fingerprint density at radius 3 is 2.77 bits per heavy atom.